The van der Waals surface area contributed by atoms with Crippen molar-refractivity contribution in [3.8, 4) is 11.3 Å². The summed E-state index contributed by atoms with van der Waals surface area (Å²) in [6, 6.07) is 7.60. The first-order chi connectivity index (χ1) is 12.0. The van der Waals surface area contributed by atoms with Crippen molar-refractivity contribution in [2.75, 3.05) is 0 Å². The number of cyclic esters (lactones) is 1. The number of hydrogen-bond donors (Lipinski definition) is 2. The summed E-state index contributed by atoms with van der Waals surface area (Å²) in [7, 11) is 0. The first-order valence-corrected chi connectivity index (χ1v) is 7.30. The van der Waals surface area contributed by atoms with E-state index in [0.29, 0.717) is 16.9 Å². The van der Waals surface area contributed by atoms with Gasteiger partial charge in [0.1, 0.15) is 23.7 Å². The van der Waals surface area contributed by atoms with Crippen molar-refractivity contribution in [1.82, 2.24) is 10.6 Å². The Balaban J connectivity index is 1.65. The van der Waals surface area contributed by atoms with E-state index in [4.69, 9.17) is 9.15 Å². The molecule has 8 nitrogen and oxygen atoms in total. The average molecular weight is 338 g/mol. The van der Waals surface area contributed by atoms with Gasteiger partial charge in [-0.2, -0.15) is 0 Å². The fourth-order valence-electron chi connectivity index (χ4n) is 2.60. The van der Waals surface area contributed by atoms with Crippen LogP contribution in [0.3, 0.4) is 0 Å². The van der Waals surface area contributed by atoms with Crippen molar-refractivity contribution in [2.24, 2.45) is 0 Å². The third-order valence-corrected chi connectivity index (χ3v) is 3.83. The number of benzene rings is 1. The molecule has 0 unspecified atom stereocenters. The molecule has 1 aromatic heterocycles. The maximum absolute atomic E-state index is 11.7. The molecule has 25 heavy (non-hydrogen) atoms. The summed E-state index contributed by atoms with van der Waals surface area (Å²) in [5.74, 6) is -1.26. The number of fused-ring (bicyclic) bond motifs is 1. The van der Waals surface area contributed by atoms with Crippen molar-refractivity contribution in [2.45, 2.75) is 6.61 Å². The molecule has 2 aliphatic rings. The van der Waals surface area contributed by atoms with Crippen LogP contribution in [0, 0.1) is 0 Å². The lowest BCUT2D eigenvalue weighted by atomic mass is 10.0. The second-order valence-corrected chi connectivity index (χ2v) is 5.45. The van der Waals surface area contributed by atoms with E-state index in [0.717, 1.165) is 5.56 Å². The molecule has 0 radical (unpaired) electrons. The van der Waals surface area contributed by atoms with Gasteiger partial charge >= 0.3 is 12.0 Å². The topological polar surface area (TPSA) is 115 Å². The lowest BCUT2D eigenvalue weighted by Crippen LogP contribution is -2.51. The summed E-state index contributed by atoms with van der Waals surface area (Å²) in [4.78, 5) is 46.1. The number of ether oxygens (including phenoxy) is 1. The standard InChI is InChI=1S/C17H10N2O6/c20-14-12(15(21)19-17(23)18-14)6-10-3-4-13(25-10)8-1-2-9-7-24-16(22)11(9)5-8/h1-6H,7H2,(H2,18,19,20,21,23). The third kappa shape index (κ3) is 2.59. The molecule has 4 amide bonds. The molecule has 2 aromatic rings. The third-order valence-electron chi connectivity index (χ3n) is 3.83. The van der Waals surface area contributed by atoms with Crippen LogP contribution in [0.15, 0.2) is 40.3 Å². The van der Waals surface area contributed by atoms with Crippen LogP contribution in [0.2, 0.25) is 0 Å². The van der Waals surface area contributed by atoms with Crippen molar-refractivity contribution in [3.63, 3.8) is 0 Å². The van der Waals surface area contributed by atoms with Crippen LogP contribution < -0.4 is 10.6 Å². The predicted octanol–water partition coefficient (Wildman–Crippen LogP) is 1.37. The zero-order valence-corrected chi connectivity index (χ0v) is 12.6. The minimum Gasteiger partial charge on any atom is -0.457 e. The maximum Gasteiger partial charge on any atom is 0.338 e. The van der Waals surface area contributed by atoms with Crippen LogP contribution >= 0.6 is 0 Å². The highest BCUT2D eigenvalue weighted by molar-refractivity contribution is 6.31. The van der Waals surface area contributed by atoms with Gasteiger partial charge in [0, 0.05) is 11.1 Å². The van der Waals surface area contributed by atoms with E-state index in [2.05, 4.69) is 0 Å². The summed E-state index contributed by atoms with van der Waals surface area (Å²) >= 11 is 0. The number of carbonyl (C=O) groups excluding carboxylic acids is 4. The first-order valence-electron chi connectivity index (χ1n) is 7.30. The highest BCUT2D eigenvalue weighted by Crippen LogP contribution is 2.28. The molecular weight excluding hydrogens is 328 g/mol. The lowest BCUT2D eigenvalue weighted by molar-refractivity contribution is -0.123. The van der Waals surface area contributed by atoms with Gasteiger partial charge in [-0.05, 0) is 24.3 Å². The Morgan fingerprint density at radius 3 is 2.48 bits per heavy atom. The highest BCUT2D eigenvalue weighted by atomic mass is 16.5. The Kier molecular flexibility index (Phi) is 3.24. The molecule has 1 fully saturated rings. The summed E-state index contributed by atoms with van der Waals surface area (Å²) in [6.45, 7) is 0.257. The number of nitrogens with one attached hydrogen (secondary N) is 2. The largest absolute Gasteiger partial charge is 0.457 e. The minimum atomic E-state index is -0.864. The van der Waals surface area contributed by atoms with Crippen LogP contribution in [0.25, 0.3) is 17.4 Å². The second-order valence-electron chi connectivity index (χ2n) is 5.45. The fourth-order valence-corrected chi connectivity index (χ4v) is 2.60. The molecule has 124 valence electrons. The molecule has 0 saturated carbocycles. The summed E-state index contributed by atoms with van der Waals surface area (Å²) in [6.07, 6.45) is 1.24. The number of barbiturate groups is 1. The van der Waals surface area contributed by atoms with Gasteiger partial charge in [0.05, 0.1) is 5.56 Å². The molecule has 8 heteroatoms. The monoisotopic (exact) mass is 338 g/mol. The number of rotatable bonds is 2. The molecular formula is C17H10N2O6. The van der Waals surface area contributed by atoms with Crippen molar-refractivity contribution >= 4 is 29.9 Å². The molecule has 1 saturated heterocycles. The van der Waals surface area contributed by atoms with Gasteiger partial charge < -0.3 is 9.15 Å². The zero-order valence-electron chi connectivity index (χ0n) is 12.6. The quantitative estimate of drug-likeness (QED) is 0.485. The smallest absolute Gasteiger partial charge is 0.338 e. The van der Waals surface area contributed by atoms with Crippen LogP contribution in [0.5, 0.6) is 0 Å². The van der Waals surface area contributed by atoms with Gasteiger partial charge in [-0.3, -0.25) is 20.2 Å². The Bertz CT molecular complexity index is 963. The molecule has 0 atom stereocenters. The molecule has 1 aromatic carbocycles. The fraction of sp³-hybridized carbons (Fsp3) is 0.0588. The van der Waals surface area contributed by atoms with Gasteiger partial charge in [-0.1, -0.05) is 12.1 Å². The molecule has 0 bridgehead atoms. The summed E-state index contributed by atoms with van der Waals surface area (Å²) in [5.41, 5.74) is 1.72. The maximum atomic E-state index is 11.7. The predicted molar refractivity (Wildman–Crippen MR) is 82.9 cm³/mol. The molecule has 2 aliphatic heterocycles. The normalized spacial score (nSPS) is 16.2. The highest BCUT2D eigenvalue weighted by Gasteiger charge is 2.28. The Labute approximate surface area is 140 Å². The van der Waals surface area contributed by atoms with Crippen molar-refractivity contribution in [3.05, 3.63) is 52.8 Å². The van der Waals surface area contributed by atoms with Crippen LogP contribution in [-0.4, -0.2) is 23.8 Å². The van der Waals surface area contributed by atoms with Gasteiger partial charge in [0.2, 0.25) is 0 Å². The minimum absolute atomic E-state index is 0.238. The van der Waals surface area contributed by atoms with E-state index in [-0.39, 0.29) is 23.9 Å². The van der Waals surface area contributed by atoms with Gasteiger partial charge in [-0.25, -0.2) is 9.59 Å². The Morgan fingerprint density at radius 2 is 1.72 bits per heavy atom. The average Bonchev–Trinajstić information content (AvgIpc) is 3.18. The molecule has 2 N–H and O–H groups in total. The van der Waals surface area contributed by atoms with Gasteiger partial charge in [0.15, 0.2) is 0 Å². The van der Waals surface area contributed by atoms with Gasteiger partial charge in [0.25, 0.3) is 11.8 Å². The SMILES string of the molecule is O=C1NC(=O)C(=Cc2ccc(-c3ccc4c(c3)C(=O)OC4)o2)C(=O)N1. The number of hydrogen-bond acceptors (Lipinski definition) is 6. The van der Waals surface area contributed by atoms with Crippen molar-refractivity contribution < 1.29 is 28.3 Å². The summed E-state index contributed by atoms with van der Waals surface area (Å²) in [5, 5.41) is 3.96. The number of urea groups is 1. The van der Waals surface area contributed by atoms with Gasteiger partial charge in [-0.15, -0.1) is 0 Å². The summed E-state index contributed by atoms with van der Waals surface area (Å²) < 4.78 is 10.6. The van der Waals surface area contributed by atoms with E-state index in [1.165, 1.54) is 6.08 Å². The molecule has 3 heterocycles. The number of imide groups is 2. The van der Waals surface area contributed by atoms with E-state index in [9.17, 15) is 19.2 Å². The number of carbonyl (C=O) groups is 4. The van der Waals surface area contributed by atoms with E-state index < -0.39 is 17.8 Å². The van der Waals surface area contributed by atoms with Crippen molar-refractivity contribution in [1.29, 1.82) is 0 Å². The Hall–Kier alpha value is -3.68. The Morgan fingerprint density at radius 1 is 0.960 bits per heavy atom. The molecule has 4 rings (SSSR count). The number of esters is 1. The van der Waals surface area contributed by atoms with Crippen LogP contribution in [-0.2, 0) is 20.9 Å². The van der Waals surface area contributed by atoms with E-state index in [1.54, 1.807) is 30.3 Å². The van der Waals surface area contributed by atoms with Crippen LogP contribution in [0.1, 0.15) is 21.7 Å². The first kappa shape index (κ1) is 14.9. The second kappa shape index (κ2) is 5.45. The van der Waals surface area contributed by atoms with Crippen LogP contribution in [0.4, 0.5) is 4.79 Å². The van der Waals surface area contributed by atoms with E-state index in [1.807, 2.05) is 10.6 Å². The molecule has 0 aliphatic carbocycles. The van der Waals surface area contributed by atoms with E-state index >= 15 is 0 Å². The zero-order chi connectivity index (χ0) is 17.6. The molecule has 0 spiro atoms. The number of amides is 4. The number of furan rings is 1. The lowest BCUT2D eigenvalue weighted by Gasteiger charge is -2.13.